The first-order chi connectivity index (χ1) is 8.88. The zero-order chi connectivity index (χ0) is 11.9. The van der Waals surface area contributed by atoms with Crippen LogP contribution in [0, 0.1) is 11.8 Å². The monoisotopic (exact) mass is 259 g/mol. The van der Waals surface area contributed by atoms with Crippen molar-refractivity contribution in [2.24, 2.45) is 11.8 Å². The first kappa shape index (κ1) is 11.4. The van der Waals surface area contributed by atoms with E-state index in [4.69, 9.17) is 0 Å². The van der Waals surface area contributed by atoms with E-state index in [1.54, 1.807) is 5.56 Å². The Morgan fingerprint density at radius 3 is 2.67 bits per heavy atom. The van der Waals surface area contributed by atoms with Gasteiger partial charge >= 0.3 is 0 Å². The number of nitrogens with zero attached hydrogens (tertiary/aromatic N) is 1. The number of rotatable bonds is 2. The van der Waals surface area contributed by atoms with Crippen LogP contribution in [-0.4, -0.2) is 29.8 Å². The van der Waals surface area contributed by atoms with Crippen molar-refractivity contribution in [2.45, 2.75) is 35.8 Å². The van der Waals surface area contributed by atoms with Gasteiger partial charge < -0.3 is 4.90 Å². The molecular formula is C16H21NS. The van der Waals surface area contributed by atoms with Crippen molar-refractivity contribution in [3.05, 3.63) is 29.8 Å². The van der Waals surface area contributed by atoms with Gasteiger partial charge in [0.05, 0.1) is 0 Å². The summed E-state index contributed by atoms with van der Waals surface area (Å²) >= 11 is 2.11. The van der Waals surface area contributed by atoms with E-state index in [1.165, 1.54) is 50.2 Å². The van der Waals surface area contributed by atoms with Gasteiger partial charge in [-0.05, 0) is 42.7 Å². The van der Waals surface area contributed by atoms with Crippen LogP contribution in [0.15, 0.2) is 29.2 Å². The van der Waals surface area contributed by atoms with Crippen LogP contribution in [0.4, 0.5) is 0 Å². The molecule has 18 heavy (non-hydrogen) atoms. The maximum atomic E-state index is 2.75. The zero-order valence-corrected chi connectivity index (χ0v) is 11.7. The Kier molecular flexibility index (Phi) is 2.89. The van der Waals surface area contributed by atoms with Gasteiger partial charge in [0.1, 0.15) is 0 Å². The molecule has 0 amide bonds. The maximum Gasteiger partial charge on any atom is 0.0263 e. The summed E-state index contributed by atoms with van der Waals surface area (Å²) in [7, 11) is 0. The van der Waals surface area contributed by atoms with E-state index in [1.807, 2.05) is 0 Å². The molecule has 2 aliphatic heterocycles. The smallest absolute Gasteiger partial charge is 0.0263 e. The van der Waals surface area contributed by atoms with Crippen LogP contribution >= 0.6 is 11.8 Å². The van der Waals surface area contributed by atoms with Gasteiger partial charge in [-0.2, -0.15) is 0 Å². The van der Waals surface area contributed by atoms with E-state index in [0.29, 0.717) is 0 Å². The summed E-state index contributed by atoms with van der Waals surface area (Å²) < 4.78 is 0. The number of fused-ring (bicyclic) bond motifs is 2. The molecule has 1 nitrogen and oxygen atoms in total. The number of hydrogen-bond acceptors (Lipinski definition) is 2. The Hall–Kier alpha value is -0.470. The Morgan fingerprint density at radius 1 is 1.11 bits per heavy atom. The van der Waals surface area contributed by atoms with Crippen molar-refractivity contribution in [3.63, 3.8) is 0 Å². The predicted molar refractivity (Wildman–Crippen MR) is 77.1 cm³/mol. The molecule has 0 radical (unpaired) electrons. The standard InChI is InChI=1S/C16H21NS/c1-2-7-16-12(4-1)8-15(18-16)11-17-9-13-5-3-6-14(13)10-17/h1-2,4,7,13-15H,3,5-6,8-11H2. The van der Waals surface area contributed by atoms with Gasteiger partial charge in [-0.25, -0.2) is 0 Å². The summed E-state index contributed by atoms with van der Waals surface area (Å²) in [6.45, 7) is 4.09. The molecule has 2 heterocycles. The van der Waals surface area contributed by atoms with Gasteiger partial charge in [0.15, 0.2) is 0 Å². The van der Waals surface area contributed by atoms with Crippen molar-refractivity contribution in [1.29, 1.82) is 0 Å². The summed E-state index contributed by atoms with van der Waals surface area (Å²) in [5.74, 6) is 2.08. The average Bonchev–Trinajstić information content (AvgIpc) is 3.01. The van der Waals surface area contributed by atoms with E-state index >= 15 is 0 Å². The molecular weight excluding hydrogens is 238 g/mol. The molecule has 2 fully saturated rings. The largest absolute Gasteiger partial charge is 0.302 e. The van der Waals surface area contributed by atoms with Gasteiger partial charge in [0.25, 0.3) is 0 Å². The Labute approximate surface area is 114 Å². The minimum atomic E-state index is 0.807. The third kappa shape index (κ3) is 2.00. The summed E-state index contributed by atoms with van der Waals surface area (Å²) in [5.41, 5.74) is 1.58. The predicted octanol–water partition coefficient (Wildman–Crippen LogP) is 3.44. The lowest BCUT2D eigenvalue weighted by Gasteiger charge is -2.20. The van der Waals surface area contributed by atoms with Crippen LogP contribution in [0.3, 0.4) is 0 Å². The second-order valence-corrected chi connectivity index (χ2v) is 7.56. The Balaban J connectivity index is 1.38. The lowest BCUT2D eigenvalue weighted by atomic mass is 10.0. The van der Waals surface area contributed by atoms with E-state index in [9.17, 15) is 0 Å². The fourth-order valence-electron chi connectivity index (χ4n) is 4.12. The lowest BCUT2D eigenvalue weighted by Crippen LogP contribution is -2.29. The van der Waals surface area contributed by atoms with E-state index in [-0.39, 0.29) is 0 Å². The molecule has 1 aromatic rings. The van der Waals surface area contributed by atoms with Crippen LogP contribution in [0.1, 0.15) is 24.8 Å². The minimum absolute atomic E-state index is 0.807. The topological polar surface area (TPSA) is 3.24 Å². The molecule has 3 atom stereocenters. The quantitative estimate of drug-likeness (QED) is 0.800. The van der Waals surface area contributed by atoms with Crippen molar-refractivity contribution in [3.8, 4) is 0 Å². The van der Waals surface area contributed by atoms with Gasteiger partial charge in [0, 0.05) is 29.8 Å². The fourth-order valence-corrected chi connectivity index (χ4v) is 5.49. The summed E-state index contributed by atoms with van der Waals surface area (Å²) in [6, 6.07) is 8.95. The number of likely N-dealkylation sites (tertiary alicyclic amines) is 1. The molecule has 1 aliphatic carbocycles. The van der Waals surface area contributed by atoms with Crippen LogP contribution in [-0.2, 0) is 6.42 Å². The fraction of sp³-hybridized carbons (Fsp3) is 0.625. The average molecular weight is 259 g/mol. The molecule has 4 rings (SSSR count). The van der Waals surface area contributed by atoms with E-state index in [2.05, 4.69) is 40.9 Å². The molecule has 0 aromatic heterocycles. The molecule has 3 aliphatic rings. The van der Waals surface area contributed by atoms with Gasteiger partial charge in [0.2, 0.25) is 0 Å². The van der Waals surface area contributed by atoms with Crippen LogP contribution in [0.2, 0.25) is 0 Å². The number of hydrogen-bond donors (Lipinski definition) is 0. The van der Waals surface area contributed by atoms with E-state index in [0.717, 1.165) is 17.1 Å². The Bertz CT molecular complexity index is 407. The second kappa shape index (κ2) is 4.57. The molecule has 0 bridgehead atoms. The van der Waals surface area contributed by atoms with Crippen LogP contribution in [0.5, 0.6) is 0 Å². The molecule has 96 valence electrons. The van der Waals surface area contributed by atoms with Gasteiger partial charge in [-0.3, -0.25) is 0 Å². The highest BCUT2D eigenvalue weighted by Crippen LogP contribution is 2.41. The highest BCUT2D eigenvalue weighted by atomic mass is 32.2. The number of thioether (sulfide) groups is 1. The highest BCUT2D eigenvalue weighted by Gasteiger charge is 2.37. The molecule has 0 spiro atoms. The summed E-state index contributed by atoms with van der Waals surface area (Å²) in [6.07, 6.45) is 5.78. The highest BCUT2D eigenvalue weighted by molar-refractivity contribution is 8.00. The third-order valence-corrected chi connectivity index (χ3v) is 6.28. The van der Waals surface area contributed by atoms with Crippen molar-refractivity contribution in [2.75, 3.05) is 19.6 Å². The SMILES string of the molecule is c1ccc2c(c1)CC(CN1CC3CCCC3C1)S2. The Morgan fingerprint density at radius 2 is 1.89 bits per heavy atom. The van der Waals surface area contributed by atoms with Crippen molar-refractivity contribution < 1.29 is 0 Å². The van der Waals surface area contributed by atoms with Crippen molar-refractivity contribution in [1.82, 2.24) is 4.90 Å². The van der Waals surface area contributed by atoms with Gasteiger partial charge in [-0.15, -0.1) is 11.8 Å². The molecule has 3 unspecified atom stereocenters. The van der Waals surface area contributed by atoms with Crippen LogP contribution < -0.4 is 0 Å². The van der Waals surface area contributed by atoms with Gasteiger partial charge in [-0.1, -0.05) is 24.6 Å². The number of benzene rings is 1. The molecule has 1 saturated heterocycles. The lowest BCUT2D eigenvalue weighted by molar-refractivity contribution is 0.312. The summed E-state index contributed by atoms with van der Waals surface area (Å²) in [5, 5.41) is 0.807. The normalized spacial score (nSPS) is 34.8. The van der Waals surface area contributed by atoms with Crippen LogP contribution in [0.25, 0.3) is 0 Å². The second-order valence-electron chi connectivity index (χ2n) is 6.22. The molecule has 1 aromatic carbocycles. The summed E-state index contributed by atoms with van der Waals surface area (Å²) in [4.78, 5) is 4.28. The zero-order valence-electron chi connectivity index (χ0n) is 10.8. The molecule has 1 saturated carbocycles. The first-order valence-corrected chi connectivity index (χ1v) is 8.23. The molecule has 0 N–H and O–H groups in total. The third-order valence-electron chi connectivity index (χ3n) is 4.98. The maximum absolute atomic E-state index is 2.75. The van der Waals surface area contributed by atoms with Crippen molar-refractivity contribution >= 4 is 11.8 Å². The molecule has 2 heteroatoms. The minimum Gasteiger partial charge on any atom is -0.302 e. The van der Waals surface area contributed by atoms with E-state index < -0.39 is 0 Å². The first-order valence-electron chi connectivity index (χ1n) is 7.35.